The summed E-state index contributed by atoms with van der Waals surface area (Å²) >= 11 is 1.71. The fourth-order valence-corrected chi connectivity index (χ4v) is 4.87. The normalized spacial score (nSPS) is 23.3. The Balaban J connectivity index is 1.76. The van der Waals surface area contributed by atoms with E-state index in [0.717, 1.165) is 23.2 Å². The molecule has 2 aromatic carbocycles. The van der Waals surface area contributed by atoms with E-state index >= 15 is 0 Å². The lowest BCUT2D eigenvalue weighted by atomic mass is 9.87. The molecule has 0 saturated heterocycles. The van der Waals surface area contributed by atoms with Crippen molar-refractivity contribution in [2.24, 2.45) is 11.7 Å². The third-order valence-corrected chi connectivity index (χ3v) is 6.68. The number of hydrogen-bond donors (Lipinski definition) is 1. The summed E-state index contributed by atoms with van der Waals surface area (Å²) in [6.45, 7) is 0.744. The topological polar surface area (TPSA) is 46.3 Å². The number of carbonyl (C=O) groups excluding carboxylic acids is 1. The van der Waals surface area contributed by atoms with E-state index in [1.54, 1.807) is 11.8 Å². The molecule has 1 fully saturated rings. The zero-order valence-electron chi connectivity index (χ0n) is 15.3. The van der Waals surface area contributed by atoms with Crippen molar-refractivity contribution in [3.05, 3.63) is 65.2 Å². The Kier molecular flexibility index (Phi) is 4.80. The third-order valence-electron chi connectivity index (χ3n) is 5.93. The van der Waals surface area contributed by atoms with Gasteiger partial charge in [0, 0.05) is 22.6 Å². The van der Waals surface area contributed by atoms with Crippen LogP contribution in [0.4, 0.5) is 0 Å². The van der Waals surface area contributed by atoms with Crippen molar-refractivity contribution in [3.8, 4) is 0 Å². The molecule has 1 aliphatic carbocycles. The van der Waals surface area contributed by atoms with Gasteiger partial charge >= 0.3 is 0 Å². The van der Waals surface area contributed by atoms with E-state index in [2.05, 4.69) is 30.5 Å². The number of nitrogens with two attached hydrogens (primary N) is 1. The van der Waals surface area contributed by atoms with Crippen LogP contribution in [0.2, 0.25) is 0 Å². The van der Waals surface area contributed by atoms with Crippen molar-refractivity contribution < 1.29 is 4.79 Å². The number of hydrogen-bond acceptors (Lipinski definition) is 3. The van der Waals surface area contributed by atoms with Gasteiger partial charge in [0.05, 0.1) is 0 Å². The Bertz CT molecular complexity index is 798. The molecular weight excluding hydrogens is 340 g/mol. The van der Waals surface area contributed by atoms with Gasteiger partial charge in [-0.05, 0) is 48.8 Å². The first-order valence-electron chi connectivity index (χ1n) is 9.49. The van der Waals surface area contributed by atoms with Gasteiger partial charge in [0.25, 0.3) is 5.91 Å². The number of benzene rings is 2. The van der Waals surface area contributed by atoms with Crippen LogP contribution in [0.1, 0.15) is 53.6 Å². The summed E-state index contributed by atoms with van der Waals surface area (Å²) in [6, 6.07) is 16.2. The van der Waals surface area contributed by atoms with Crippen LogP contribution in [0.5, 0.6) is 0 Å². The van der Waals surface area contributed by atoms with E-state index in [1.165, 1.54) is 37.0 Å². The minimum absolute atomic E-state index is 0.0719. The molecule has 26 heavy (non-hydrogen) atoms. The van der Waals surface area contributed by atoms with Crippen molar-refractivity contribution in [2.75, 3.05) is 12.8 Å². The molecule has 1 unspecified atom stereocenters. The summed E-state index contributed by atoms with van der Waals surface area (Å²) in [5, 5.41) is 0. The molecule has 2 aromatic rings. The van der Waals surface area contributed by atoms with Gasteiger partial charge in [0.2, 0.25) is 0 Å². The van der Waals surface area contributed by atoms with Gasteiger partial charge in [0.1, 0.15) is 5.66 Å². The highest BCUT2D eigenvalue weighted by Crippen LogP contribution is 2.42. The smallest absolute Gasteiger partial charge is 0.256 e. The molecule has 0 bridgehead atoms. The highest BCUT2D eigenvalue weighted by Gasteiger charge is 2.48. The molecule has 2 aliphatic rings. The molecule has 0 aromatic heterocycles. The summed E-state index contributed by atoms with van der Waals surface area (Å²) in [5.41, 5.74) is 8.83. The molecular formula is C22H26N2OS. The maximum atomic E-state index is 13.2. The predicted octanol–water partition coefficient (Wildman–Crippen LogP) is 4.60. The summed E-state index contributed by atoms with van der Waals surface area (Å²) in [6.07, 6.45) is 8.30. The number of nitrogens with zero attached hydrogens (tertiary/aromatic N) is 1. The van der Waals surface area contributed by atoms with Gasteiger partial charge in [-0.1, -0.05) is 49.6 Å². The number of fused-ring (bicyclic) bond motifs is 1. The Morgan fingerprint density at radius 1 is 1.08 bits per heavy atom. The average Bonchev–Trinajstić information content (AvgIpc) is 2.92. The van der Waals surface area contributed by atoms with Crippen LogP contribution in [0.25, 0.3) is 0 Å². The van der Waals surface area contributed by atoms with E-state index in [0.29, 0.717) is 5.92 Å². The van der Waals surface area contributed by atoms with E-state index in [-0.39, 0.29) is 5.91 Å². The fraction of sp³-hybridized carbons (Fsp3) is 0.409. The second kappa shape index (κ2) is 7.09. The molecule has 136 valence electrons. The summed E-state index contributed by atoms with van der Waals surface area (Å²) in [7, 11) is 0. The molecule has 1 aliphatic heterocycles. The maximum Gasteiger partial charge on any atom is 0.256 e. The van der Waals surface area contributed by atoms with E-state index in [9.17, 15) is 4.79 Å². The van der Waals surface area contributed by atoms with Crippen molar-refractivity contribution in [1.82, 2.24) is 4.90 Å². The van der Waals surface area contributed by atoms with Crippen LogP contribution < -0.4 is 5.73 Å². The van der Waals surface area contributed by atoms with Crippen LogP contribution in [0.3, 0.4) is 0 Å². The molecule has 1 heterocycles. The van der Waals surface area contributed by atoms with Gasteiger partial charge in [-0.15, -0.1) is 11.8 Å². The van der Waals surface area contributed by atoms with E-state index in [4.69, 9.17) is 5.73 Å². The van der Waals surface area contributed by atoms with E-state index in [1.807, 2.05) is 29.2 Å². The lowest BCUT2D eigenvalue weighted by molar-refractivity contribution is 0.0562. The minimum Gasteiger partial charge on any atom is -0.312 e. The van der Waals surface area contributed by atoms with Crippen LogP contribution in [-0.2, 0) is 5.66 Å². The van der Waals surface area contributed by atoms with Crippen LogP contribution in [0.15, 0.2) is 53.4 Å². The zero-order valence-corrected chi connectivity index (χ0v) is 16.1. The van der Waals surface area contributed by atoms with Crippen molar-refractivity contribution in [2.45, 2.75) is 42.7 Å². The highest BCUT2D eigenvalue weighted by molar-refractivity contribution is 7.98. The molecule has 1 amide bonds. The molecule has 2 N–H and O–H groups in total. The Labute approximate surface area is 160 Å². The number of carbonyl (C=O) groups is 1. The molecule has 4 heteroatoms. The molecule has 4 rings (SSSR count). The SMILES string of the molecule is CSc1ccc(C2(N)c3ccccc3C(=O)N2CC2CCCCC2)cc1. The molecule has 1 atom stereocenters. The van der Waals surface area contributed by atoms with Gasteiger partial charge in [-0.3, -0.25) is 4.79 Å². The van der Waals surface area contributed by atoms with Crippen LogP contribution in [0, 0.1) is 5.92 Å². The summed E-state index contributed by atoms with van der Waals surface area (Å²) in [4.78, 5) is 16.4. The molecule has 0 spiro atoms. The van der Waals surface area contributed by atoms with Crippen molar-refractivity contribution in [3.63, 3.8) is 0 Å². The van der Waals surface area contributed by atoms with Crippen molar-refractivity contribution in [1.29, 1.82) is 0 Å². The highest BCUT2D eigenvalue weighted by atomic mass is 32.2. The molecule has 0 radical (unpaired) electrons. The zero-order chi connectivity index (χ0) is 18.1. The maximum absolute atomic E-state index is 13.2. The number of rotatable bonds is 4. The minimum atomic E-state index is -0.873. The molecule has 1 saturated carbocycles. The van der Waals surface area contributed by atoms with Gasteiger partial charge in [-0.2, -0.15) is 0 Å². The second-order valence-electron chi connectivity index (χ2n) is 7.46. The average molecular weight is 367 g/mol. The van der Waals surface area contributed by atoms with Gasteiger partial charge in [-0.25, -0.2) is 0 Å². The first kappa shape index (κ1) is 17.6. The first-order valence-corrected chi connectivity index (χ1v) is 10.7. The van der Waals surface area contributed by atoms with Crippen LogP contribution in [-0.4, -0.2) is 23.6 Å². The van der Waals surface area contributed by atoms with Gasteiger partial charge < -0.3 is 10.6 Å². The summed E-state index contributed by atoms with van der Waals surface area (Å²) in [5.74, 6) is 0.623. The largest absolute Gasteiger partial charge is 0.312 e. The van der Waals surface area contributed by atoms with Gasteiger partial charge in [0.15, 0.2) is 0 Å². The Hall–Kier alpha value is -1.78. The fourth-order valence-electron chi connectivity index (χ4n) is 4.46. The summed E-state index contributed by atoms with van der Waals surface area (Å²) < 4.78 is 0. The standard InChI is InChI=1S/C22H26N2OS/c1-26-18-13-11-17(12-14-18)22(23)20-10-6-5-9-19(20)21(25)24(22)15-16-7-3-2-4-8-16/h5-6,9-14,16H,2-4,7-8,15,23H2,1H3. The monoisotopic (exact) mass is 366 g/mol. The Morgan fingerprint density at radius 3 is 2.46 bits per heavy atom. The van der Waals surface area contributed by atoms with E-state index < -0.39 is 5.66 Å². The number of amides is 1. The van der Waals surface area contributed by atoms with Crippen LogP contribution >= 0.6 is 11.8 Å². The van der Waals surface area contributed by atoms with Crippen molar-refractivity contribution >= 4 is 17.7 Å². The lowest BCUT2D eigenvalue weighted by Crippen LogP contribution is -2.53. The lowest BCUT2D eigenvalue weighted by Gasteiger charge is -2.39. The predicted molar refractivity (Wildman–Crippen MR) is 107 cm³/mol. The molecule has 3 nitrogen and oxygen atoms in total. The number of thioether (sulfide) groups is 1. The Morgan fingerprint density at radius 2 is 1.77 bits per heavy atom. The second-order valence-corrected chi connectivity index (χ2v) is 8.34. The first-order chi connectivity index (χ1) is 12.6. The quantitative estimate of drug-likeness (QED) is 0.804. The third kappa shape index (κ3) is 2.85.